The van der Waals surface area contributed by atoms with Gasteiger partial charge in [-0.2, -0.15) is 0 Å². The standard InChI is InChI=1S/C5H6N4OS/c6-9-8-4(2-10)5-1-7-3-11-5/h1,3-4,10H,2H2. The predicted molar refractivity (Wildman–Crippen MR) is 41.1 cm³/mol. The van der Waals surface area contributed by atoms with Gasteiger partial charge in [-0.15, -0.1) is 11.3 Å². The molecule has 1 unspecified atom stereocenters. The SMILES string of the molecule is [N-]=[N+]=NC(CO)c1cncs1. The third-order valence-corrected chi connectivity index (χ3v) is 2.02. The summed E-state index contributed by atoms with van der Waals surface area (Å²) < 4.78 is 0. The van der Waals surface area contributed by atoms with Gasteiger partial charge in [0.1, 0.15) is 0 Å². The van der Waals surface area contributed by atoms with Crippen LogP contribution in [0.3, 0.4) is 0 Å². The van der Waals surface area contributed by atoms with Gasteiger partial charge in [0, 0.05) is 16.0 Å². The van der Waals surface area contributed by atoms with E-state index in [1.54, 1.807) is 11.7 Å². The van der Waals surface area contributed by atoms with Crippen LogP contribution in [0.15, 0.2) is 16.8 Å². The number of aliphatic hydroxyl groups excluding tert-OH is 1. The van der Waals surface area contributed by atoms with E-state index in [0.29, 0.717) is 0 Å². The normalized spacial score (nSPS) is 12.1. The fourth-order valence-electron chi connectivity index (χ4n) is 0.636. The van der Waals surface area contributed by atoms with Gasteiger partial charge >= 0.3 is 0 Å². The average Bonchev–Trinajstić information content (AvgIpc) is 2.52. The van der Waals surface area contributed by atoms with Crippen molar-refractivity contribution in [1.82, 2.24) is 4.98 Å². The van der Waals surface area contributed by atoms with Crippen molar-refractivity contribution in [3.8, 4) is 0 Å². The molecule has 0 spiro atoms. The molecule has 1 aromatic rings. The molecule has 0 aliphatic heterocycles. The smallest absolute Gasteiger partial charge is 0.0965 e. The van der Waals surface area contributed by atoms with Crippen molar-refractivity contribution >= 4 is 11.3 Å². The Kier molecular flexibility index (Phi) is 2.85. The minimum absolute atomic E-state index is 0.174. The van der Waals surface area contributed by atoms with E-state index in [-0.39, 0.29) is 6.61 Å². The van der Waals surface area contributed by atoms with Gasteiger partial charge in [0.25, 0.3) is 0 Å². The van der Waals surface area contributed by atoms with Gasteiger partial charge < -0.3 is 5.11 Å². The van der Waals surface area contributed by atoms with Gasteiger partial charge in [0.05, 0.1) is 18.2 Å². The number of thiazole rings is 1. The monoisotopic (exact) mass is 170 g/mol. The number of aliphatic hydroxyl groups is 1. The lowest BCUT2D eigenvalue weighted by Crippen LogP contribution is -1.96. The van der Waals surface area contributed by atoms with E-state index >= 15 is 0 Å². The molecular weight excluding hydrogens is 164 g/mol. The molecular formula is C5H6N4OS. The fraction of sp³-hybridized carbons (Fsp3) is 0.400. The topological polar surface area (TPSA) is 81.9 Å². The first-order valence-corrected chi connectivity index (χ1v) is 3.80. The minimum Gasteiger partial charge on any atom is -0.396 e. The molecule has 0 radical (unpaired) electrons. The molecule has 6 heteroatoms. The third kappa shape index (κ3) is 1.91. The third-order valence-electron chi connectivity index (χ3n) is 1.14. The second kappa shape index (κ2) is 3.92. The van der Waals surface area contributed by atoms with Crippen LogP contribution in [-0.2, 0) is 0 Å². The van der Waals surface area contributed by atoms with Crippen LogP contribution < -0.4 is 0 Å². The van der Waals surface area contributed by atoms with E-state index in [1.165, 1.54) is 11.3 Å². The summed E-state index contributed by atoms with van der Waals surface area (Å²) in [5.74, 6) is 0. The molecule has 0 aliphatic rings. The van der Waals surface area contributed by atoms with Crippen molar-refractivity contribution in [3.63, 3.8) is 0 Å². The second-order valence-corrected chi connectivity index (χ2v) is 2.73. The first-order valence-electron chi connectivity index (χ1n) is 2.92. The molecule has 0 aliphatic carbocycles. The molecule has 0 saturated carbocycles. The van der Waals surface area contributed by atoms with E-state index in [4.69, 9.17) is 10.6 Å². The maximum Gasteiger partial charge on any atom is 0.0965 e. The number of rotatable bonds is 3. The molecule has 5 nitrogen and oxygen atoms in total. The molecule has 0 aromatic carbocycles. The highest BCUT2D eigenvalue weighted by Gasteiger charge is 2.08. The van der Waals surface area contributed by atoms with Gasteiger partial charge in [0.15, 0.2) is 0 Å². The minimum atomic E-state index is -0.479. The van der Waals surface area contributed by atoms with Gasteiger partial charge in [0.2, 0.25) is 0 Å². The Hall–Kier alpha value is -1.10. The second-order valence-electron chi connectivity index (χ2n) is 1.81. The molecule has 1 N–H and O–H groups in total. The van der Waals surface area contributed by atoms with Crippen LogP contribution in [0.5, 0.6) is 0 Å². The van der Waals surface area contributed by atoms with Crippen molar-refractivity contribution in [2.45, 2.75) is 6.04 Å². The molecule has 1 heterocycles. The lowest BCUT2D eigenvalue weighted by Gasteiger charge is -2.00. The Balaban J connectivity index is 2.79. The number of nitrogens with zero attached hydrogens (tertiary/aromatic N) is 4. The van der Waals surface area contributed by atoms with Crippen molar-refractivity contribution in [3.05, 3.63) is 27.0 Å². The van der Waals surface area contributed by atoms with Crippen molar-refractivity contribution in [2.24, 2.45) is 5.11 Å². The highest BCUT2D eigenvalue weighted by atomic mass is 32.1. The summed E-state index contributed by atoms with van der Waals surface area (Å²) in [7, 11) is 0. The van der Waals surface area contributed by atoms with Gasteiger partial charge in [-0.1, -0.05) is 5.11 Å². The molecule has 11 heavy (non-hydrogen) atoms. The number of aromatic nitrogens is 1. The summed E-state index contributed by atoms with van der Waals surface area (Å²) in [5.41, 5.74) is 9.73. The highest BCUT2D eigenvalue weighted by molar-refractivity contribution is 7.09. The largest absolute Gasteiger partial charge is 0.396 e. The van der Waals surface area contributed by atoms with Crippen LogP contribution >= 0.6 is 11.3 Å². The lowest BCUT2D eigenvalue weighted by atomic mass is 10.3. The van der Waals surface area contributed by atoms with E-state index in [1.807, 2.05) is 0 Å². The zero-order valence-corrected chi connectivity index (χ0v) is 6.40. The molecule has 0 bridgehead atoms. The van der Waals surface area contributed by atoms with Crippen LogP contribution in [0.4, 0.5) is 0 Å². The van der Waals surface area contributed by atoms with Gasteiger partial charge in [-0.25, -0.2) is 0 Å². The maximum atomic E-state index is 8.74. The summed E-state index contributed by atoms with van der Waals surface area (Å²) in [6.45, 7) is -0.174. The zero-order chi connectivity index (χ0) is 8.10. The molecule has 0 saturated heterocycles. The van der Waals surface area contributed by atoms with E-state index in [0.717, 1.165) is 4.88 Å². The molecule has 1 rings (SSSR count). The summed E-state index contributed by atoms with van der Waals surface area (Å²) in [6.07, 6.45) is 1.58. The first kappa shape index (κ1) is 8.00. The quantitative estimate of drug-likeness (QED) is 0.423. The number of hydrogen-bond donors (Lipinski definition) is 1. The Labute approximate surface area is 66.9 Å². The van der Waals surface area contributed by atoms with Crippen molar-refractivity contribution in [2.75, 3.05) is 6.61 Å². The molecule has 0 fully saturated rings. The molecule has 58 valence electrons. The Morgan fingerprint density at radius 3 is 3.18 bits per heavy atom. The molecule has 1 aromatic heterocycles. The number of hydrogen-bond acceptors (Lipinski definition) is 4. The van der Waals surface area contributed by atoms with E-state index in [2.05, 4.69) is 15.0 Å². The van der Waals surface area contributed by atoms with Crippen LogP contribution in [0.2, 0.25) is 0 Å². The zero-order valence-electron chi connectivity index (χ0n) is 5.58. The average molecular weight is 170 g/mol. The number of azide groups is 1. The van der Waals surface area contributed by atoms with Gasteiger partial charge in [-0.05, 0) is 5.53 Å². The van der Waals surface area contributed by atoms with Crippen LogP contribution in [0.25, 0.3) is 10.4 Å². The molecule has 0 amide bonds. The molecule has 1 atom stereocenters. The van der Waals surface area contributed by atoms with E-state index in [9.17, 15) is 0 Å². The summed E-state index contributed by atoms with van der Waals surface area (Å²) in [4.78, 5) is 7.19. The highest BCUT2D eigenvalue weighted by Crippen LogP contribution is 2.20. The van der Waals surface area contributed by atoms with Crippen LogP contribution in [-0.4, -0.2) is 16.7 Å². The van der Waals surface area contributed by atoms with Crippen LogP contribution in [0, 0.1) is 0 Å². The van der Waals surface area contributed by atoms with Crippen molar-refractivity contribution < 1.29 is 5.11 Å². The Morgan fingerprint density at radius 2 is 2.73 bits per heavy atom. The fourth-order valence-corrected chi connectivity index (χ4v) is 1.28. The van der Waals surface area contributed by atoms with Crippen LogP contribution in [0.1, 0.15) is 10.9 Å². The first-order chi connectivity index (χ1) is 5.38. The summed E-state index contributed by atoms with van der Waals surface area (Å²) >= 11 is 1.36. The summed E-state index contributed by atoms with van der Waals surface area (Å²) in [5, 5.41) is 12.1. The van der Waals surface area contributed by atoms with Crippen molar-refractivity contribution in [1.29, 1.82) is 0 Å². The Bertz CT molecular complexity index is 253. The van der Waals surface area contributed by atoms with Gasteiger partial charge in [-0.3, -0.25) is 4.98 Å². The lowest BCUT2D eigenvalue weighted by molar-refractivity contribution is 0.269. The summed E-state index contributed by atoms with van der Waals surface area (Å²) in [6, 6.07) is -0.479. The van der Waals surface area contributed by atoms with E-state index < -0.39 is 6.04 Å². The Morgan fingerprint density at radius 1 is 1.91 bits per heavy atom. The predicted octanol–water partition coefficient (Wildman–Crippen LogP) is 1.49. The maximum absolute atomic E-state index is 8.74.